The number of carbonyl (C=O) groups is 1. The van der Waals surface area contributed by atoms with Crippen LogP contribution in [-0.4, -0.2) is 41.8 Å². The van der Waals surface area contributed by atoms with E-state index >= 15 is 0 Å². The third-order valence-electron chi connectivity index (χ3n) is 6.72. The van der Waals surface area contributed by atoms with Crippen LogP contribution in [0.3, 0.4) is 0 Å². The summed E-state index contributed by atoms with van der Waals surface area (Å²) in [4.78, 5) is 19.3. The molecule has 1 amide bonds. The predicted octanol–water partition coefficient (Wildman–Crippen LogP) is 6.49. The number of hydrogen-bond acceptors (Lipinski definition) is 9. The molecule has 0 atom stereocenters. The molecule has 0 radical (unpaired) electrons. The summed E-state index contributed by atoms with van der Waals surface area (Å²) in [6.07, 6.45) is 0. The van der Waals surface area contributed by atoms with E-state index in [1.165, 1.54) is 0 Å². The van der Waals surface area contributed by atoms with Gasteiger partial charge < -0.3 is 28.7 Å². The molecule has 0 aliphatic carbocycles. The minimum Gasteiger partial charge on any atom is -0.488 e. The van der Waals surface area contributed by atoms with Crippen molar-refractivity contribution in [2.24, 2.45) is 0 Å². The highest BCUT2D eigenvalue weighted by Gasteiger charge is 2.31. The molecule has 10 heteroatoms. The maximum atomic E-state index is 13.1. The van der Waals surface area contributed by atoms with Crippen LogP contribution in [-0.2, 0) is 13.2 Å². The maximum Gasteiger partial charge on any atom is 0.323 e. The molecule has 1 N–H and O–H groups in total. The molecule has 0 bridgehead atoms. The Morgan fingerprint density at radius 2 is 1.51 bits per heavy atom. The van der Waals surface area contributed by atoms with Gasteiger partial charge in [0.2, 0.25) is 5.82 Å². The van der Waals surface area contributed by atoms with E-state index in [1.54, 1.807) is 19.0 Å². The number of ether oxygens (including phenoxy) is 2. The van der Waals surface area contributed by atoms with Gasteiger partial charge in [0.15, 0.2) is 11.5 Å². The quantitative estimate of drug-likeness (QED) is 0.176. The van der Waals surface area contributed by atoms with Crippen LogP contribution in [0.1, 0.15) is 53.9 Å². The fourth-order valence-electron chi connectivity index (χ4n) is 4.50. The van der Waals surface area contributed by atoms with E-state index in [4.69, 9.17) is 18.5 Å². The number of hydrogen-bond donors (Lipinski definition) is 1. The molecule has 0 saturated heterocycles. The van der Waals surface area contributed by atoms with Crippen LogP contribution in [0.25, 0.3) is 22.7 Å². The minimum absolute atomic E-state index is 0.0486. The summed E-state index contributed by atoms with van der Waals surface area (Å²) < 4.78 is 24.1. The van der Waals surface area contributed by atoms with Gasteiger partial charge in [0, 0.05) is 26.7 Å². The summed E-state index contributed by atoms with van der Waals surface area (Å²) in [7, 11) is 3.57. The number of nitrogens with zero attached hydrogens (tertiary/aromatic N) is 4. The van der Waals surface area contributed by atoms with Crippen LogP contribution >= 0.6 is 0 Å². The van der Waals surface area contributed by atoms with E-state index < -0.39 is 5.91 Å². The van der Waals surface area contributed by atoms with Gasteiger partial charge in [-0.05, 0) is 35.6 Å². The summed E-state index contributed by atoms with van der Waals surface area (Å²) in [5.41, 5.74) is 3.91. The highest BCUT2D eigenvalue weighted by Crippen LogP contribution is 2.44. The van der Waals surface area contributed by atoms with Crippen molar-refractivity contribution in [2.75, 3.05) is 25.5 Å². The zero-order chi connectivity index (χ0) is 30.3. The topological polar surface area (TPSA) is 116 Å². The Morgan fingerprint density at radius 1 is 0.884 bits per heavy atom. The first-order valence-electron chi connectivity index (χ1n) is 14.2. The SMILES string of the molecule is CCNC(=O)c1noc(-c2cc(C(C)C)c(OCc3ccccc3)cc2OCc2ccccc2)c1-c1noc(N(C)C)n1. The van der Waals surface area contributed by atoms with Crippen molar-refractivity contribution < 1.29 is 23.3 Å². The normalized spacial score (nSPS) is 11.0. The first kappa shape index (κ1) is 29.4. The van der Waals surface area contributed by atoms with Gasteiger partial charge in [-0.3, -0.25) is 4.79 Å². The van der Waals surface area contributed by atoms with E-state index in [9.17, 15) is 4.79 Å². The third-order valence-corrected chi connectivity index (χ3v) is 6.72. The van der Waals surface area contributed by atoms with E-state index in [2.05, 4.69) is 34.5 Å². The van der Waals surface area contributed by atoms with Gasteiger partial charge in [-0.1, -0.05) is 84.8 Å². The lowest BCUT2D eigenvalue weighted by atomic mass is 9.96. The Kier molecular flexibility index (Phi) is 9.05. The lowest BCUT2D eigenvalue weighted by Crippen LogP contribution is -2.23. The Labute approximate surface area is 250 Å². The van der Waals surface area contributed by atoms with Crippen LogP contribution in [0, 0.1) is 0 Å². The van der Waals surface area contributed by atoms with Gasteiger partial charge in [-0.25, -0.2) is 0 Å². The van der Waals surface area contributed by atoms with Crippen LogP contribution in [0.15, 0.2) is 81.8 Å². The summed E-state index contributed by atoms with van der Waals surface area (Å²) in [6, 6.07) is 23.9. The number of anilines is 1. The molecule has 2 heterocycles. The van der Waals surface area contributed by atoms with Gasteiger partial charge in [0.25, 0.3) is 5.91 Å². The molecular formula is C33H35N5O5. The standard InChI is InChI=1S/C33H35N5O5/c1-6-34-32(39)29-28(31-35-33(38(4)5)43-37-31)30(42-36-29)25-17-24(21(2)3)26(40-19-22-13-9-7-10-14-22)18-27(25)41-20-23-15-11-8-12-16-23/h7-18,21H,6,19-20H2,1-5H3,(H,34,39). The average Bonchev–Trinajstić information content (AvgIpc) is 3.68. The maximum absolute atomic E-state index is 13.1. The molecule has 0 unspecified atom stereocenters. The number of amides is 1. The Bertz CT molecular complexity index is 1660. The third kappa shape index (κ3) is 6.69. The molecule has 3 aromatic carbocycles. The first-order valence-corrected chi connectivity index (χ1v) is 14.2. The molecule has 10 nitrogen and oxygen atoms in total. The van der Waals surface area contributed by atoms with Crippen LogP contribution in [0.4, 0.5) is 6.01 Å². The van der Waals surface area contributed by atoms with Gasteiger partial charge in [0.1, 0.15) is 30.3 Å². The number of rotatable bonds is 12. The molecule has 5 aromatic rings. The molecule has 0 fully saturated rings. The van der Waals surface area contributed by atoms with E-state index in [1.807, 2.05) is 79.7 Å². The lowest BCUT2D eigenvalue weighted by molar-refractivity contribution is 0.0947. The monoisotopic (exact) mass is 581 g/mol. The van der Waals surface area contributed by atoms with Crippen LogP contribution in [0.5, 0.6) is 11.5 Å². The van der Waals surface area contributed by atoms with Gasteiger partial charge in [0.05, 0.1) is 5.56 Å². The smallest absolute Gasteiger partial charge is 0.323 e. The second-order valence-corrected chi connectivity index (χ2v) is 10.5. The van der Waals surface area contributed by atoms with Crippen molar-refractivity contribution in [3.05, 3.63) is 95.2 Å². The Morgan fingerprint density at radius 3 is 2.07 bits per heavy atom. The highest BCUT2D eigenvalue weighted by molar-refractivity contribution is 6.01. The molecule has 0 spiro atoms. The number of benzene rings is 3. The molecular weight excluding hydrogens is 546 g/mol. The van der Waals surface area contributed by atoms with Crippen molar-refractivity contribution in [1.82, 2.24) is 20.6 Å². The lowest BCUT2D eigenvalue weighted by Gasteiger charge is -2.19. The van der Waals surface area contributed by atoms with E-state index in [-0.39, 0.29) is 29.2 Å². The average molecular weight is 582 g/mol. The molecule has 2 aromatic heterocycles. The zero-order valence-electron chi connectivity index (χ0n) is 25.0. The minimum atomic E-state index is -0.414. The summed E-state index contributed by atoms with van der Waals surface area (Å²) in [5, 5.41) is 11.1. The fraction of sp³-hybridized carbons (Fsp3) is 0.273. The van der Waals surface area contributed by atoms with Gasteiger partial charge >= 0.3 is 6.01 Å². The van der Waals surface area contributed by atoms with E-state index in [0.29, 0.717) is 42.4 Å². The molecule has 0 aliphatic rings. The largest absolute Gasteiger partial charge is 0.488 e. The zero-order valence-corrected chi connectivity index (χ0v) is 25.0. The van der Waals surface area contributed by atoms with Crippen LogP contribution in [0.2, 0.25) is 0 Å². The molecule has 222 valence electrons. The van der Waals surface area contributed by atoms with Crippen LogP contribution < -0.4 is 19.7 Å². The molecule has 0 saturated carbocycles. The fourth-order valence-corrected chi connectivity index (χ4v) is 4.50. The Balaban J connectivity index is 1.65. The summed E-state index contributed by atoms with van der Waals surface area (Å²) in [6.45, 7) is 7.10. The Hall–Kier alpha value is -5.12. The van der Waals surface area contributed by atoms with Gasteiger partial charge in [-0.15, -0.1) is 0 Å². The predicted molar refractivity (Wildman–Crippen MR) is 163 cm³/mol. The van der Waals surface area contributed by atoms with E-state index in [0.717, 1.165) is 16.7 Å². The summed E-state index contributed by atoms with van der Waals surface area (Å²) >= 11 is 0. The van der Waals surface area contributed by atoms with Crippen molar-refractivity contribution in [1.29, 1.82) is 0 Å². The molecule has 5 rings (SSSR count). The number of aromatic nitrogens is 3. The van der Waals surface area contributed by atoms with Gasteiger partial charge in [-0.2, -0.15) is 4.98 Å². The van der Waals surface area contributed by atoms with Crippen molar-refractivity contribution in [2.45, 2.75) is 39.9 Å². The van der Waals surface area contributed by atoms with Crippen molar-refractivity contribution >= 4 is 11.9 Å². The molecule has 43 heavy (non-hydrogen) atoms. The highest BCUT2D eigenvalue weighted by atomic mass is 16.5. The number of carbonyl (C=O) groups excluding carboxylic acids is 1. The first-order chi connectivity index (χ1) is 20.9. The molecule has 0 aliphatic heterocycles. The number of nitrogens with one attached hydrogen (secondary N) is 1. The summed E-state index contributed by atoms with van der Waals surface area (Å²) in [5.74, 6) is 1.31. The van der Waals surface area contributed by atoms with Crippen molar-refractivity contribution in [3.8, 4) is 34.2 Å². The van der Waals surface area contributed by atoms with Crippen molar-refractivity contribution in [3.63, 3.8) is 0 Å². The second kappa shape index (κ2) is 13.2. The second-order valence-electron chi connectivity index (χ2n) is 10.5.